The molecule has 0 unspecified atom stereocenters. The van der Waals surface area contributed by atoms with Gasteiger partial charge in [0.25, 0.3) is 5.91 Å². The number of aromatic nitrogens is 3. The highest BCUT2D eigenvalue weighted by atomic mass is 19.1. The van der Waals surface area contributed by atoms with Gasteiger partial charge < -0.3 is 19.3 Å². The van der Waals surface area contributed by atoms with E-state index in [1.807, 2.05) is 25.1 Å². The number of nitrogens with zero attached hydrogens (tertiary/aromatic N) is 5. The molecule has 0 aliphatic carbocycles. The number of likely N-dealkylation sites (tertiary alicyclic amines) is 1. The Hall–Kier alpha value is -3.85. The quantitative estimate of drug-likeness (QED) is 0.448. The van der Waals surface area contributed by atoms with E-state index in [2.05, 4.69) is 19.9 Å². The van der Waals surface area contributed by atoms with Gasteiger partial charge in [0, 0.05) is 43.7 Å². The summed E-state index contributed by atoms with van der Waals surface area (Å²) < 4.78 is 20.9. The number of anilines is 1. The van der Waals surface area contributed by atoms with Crippen LogP contribution in [0.3, 0.4) is 0 Å². The lowest BCUT2D eigenvalue weighted by Crippen LogP contribution is -2.34. The Bertz CT molecular complexity index is 1460. The maximum atomic E-state index is 15.1. The first-order valence-electron chi connectivity index (χ1n) is 12.4. The van der Waals surface area contributed by atoms with Gasteiger partial charge in [-0.1, -0.05) is 18.2 Å². The second-order valence-electron chi connectivity index (χ2n) is 10.5. The fourth-order valence-corrected chi connectivity index (χ4v) is 5.40. The number of aliphatic hydroxyl groups is 1. The number of aryl methyl sites for hydroxylation is 1. The van der Waals surface area contributed by atoms with Crippen LogP contribution in [0.4, 0.5) is 10.3 Å². The molecule has 8 nitrogen and oxygen atoms in total. The molecule has 0 bridgehead atoms. The van der Waals surface area contributed by atoms with Gasteiger partial charge in [-0.15, -0.1) is 0 Å². The number of amides is 1. The molecule has 2 aliphatic rings. The van der Waals surface area contributed by atoms with E-state index < -0.39 is 11.4 Å². The monoisotopic (exact) mass is 501 g/mol. The number of hydrogen-bond donors (Lipinski definition) is 1. The largest absolute Gasteiger partial charge is 0.436 e. The Morgan fingerprint density at radius 3 is 2.46 bits per heavy atom. The molecular weight excluding hydrogens is 473 g/mol. The Labute approximate surface area is 213 Å². The third-order valence-electron chi connectivity index (χ3n) is 7.28. The van der Waals surface area contributed by atoms with Crippen molar-refractivity contribution in [1.82, 2.24) is 19.9 Å². The number of carbonyl (C=O) groups is 1. The van der Waals surface area contributed by atoms with E-state index in [1.165, 1.54) is 6.07 Å². The first kappa shape index (κ1) is 23.5. The van der Waals surface area contributed by atoms with Crippen LogP contribution in [0, 0.1) is 24.6 Å². The van der Waals surface area contributed by atoms with Crippen LogP contribution in [0.1, 0.15) is 35.6 Å². The third kappa shape index (κ3) is 4.23. The average Bonchev–Trinajstić information content (AvgIpc) is 3.55. The Kier molecular flexibility index (Phi) is 5.49. The molecule has 2 aliphatic heterocycles. The summed E-state index contributed by atoms with van der Waals surface area (Å²) in [4.78, 5) is 31.1. The van der Waals surface area contributed by atoms with E-state index in [0.29, 0.717) is 54.5 Å². The lowest BCUT2D eigenvalue weighted by molar-refractivity contribution is 0.0735. The van der Waals surface area contributed by atoms with Gasteiger partial charge in [-0.3, -0.25) is 4.79 Å². The van der Waals surface area contributed by atoms with Crippen molar-refractivity contribution in [3.8, 4) is 11.5 Å². The van der Waals surface area contributed by atoms with Gasteiger partial charge in [0.1, 0.15) is 16.9 Å². The summed E-state index contributed by atoms with van der Waals surface area (Å²) in [5.74, 6) is 0.324. The zero-order valence-corrected chi connectivity index (χ0v) is 21.0. The van der Waals surface area contributed by atoms with Crippen molar-refractivity contribution in [1.29, 1.82) is 0 Å². The maximum absolute atomic E-state index is 15.1. The molecule has 4 aromatic rings. The van der Waals surface area contributed by atoms with Gasteiger partial charge >= 0.3 is 0 Å². The van der Waals surface area contributed by atoms with Gasteiger partial charge in [0.05, 0.1) is 16.8 Å². The minimum atomic E-state index is -1.06. The van der Waals surface area contributed by atoms with E-state index in [1.54, 1.807) is 43.0 Å². The van der Waals surface area contributed by atoms with Crippen molar-refractivity contribution in [2.45, 2.75) is 26.4 Å². The number of para-hydroxylation sites is 2. The smallest absolute Gasteiger partial charge is 0.257 e. The lowest BCUT2D eigenvalue weighted by Gasteiger charge is -2.24. The van der Waals surface area contributed by atoms with E-state index in [9.17, 15) is 9.90 Å². The van der Waals surface area contributed by atoms with Crippen molar-refractivity contribution in [2.75, 3.05) is 31.1 Å². The minimum absolute atomic E-state index is 0.0114. The molecule has 190 valence electrons. The fourth-order valence-electron chi connectivity index (χ4n) is 5.40. The van der Waals surface area contributed by atoms with Crippen LogP contribution in [0.2, 0.25) is 0 Å². The first-order chi connectivity index (χ1) is 17.7. The molecule has 0 radical (unpaired) electrons. The number of benzene rings is 2. The zero-order chi connectivity index (χ0) is 25.9. The number of halogens is 1. The average molecular weight is 502 g/mol. The minimum Gasteiger partial charge on any atom is -0.436 e. The molecule has 6 rings (SSSR count). The van der Waals surface area contributed by atoms with Crippen LogP contribution in [-0.2, 0) is 5.60 Å². The molecule has 2 aromatic heterocycles. The normalized spacial score (nSPS) is 19.6. The van der Waals surface area contributed by atoms with Gasteiger partial charge in [-0.05, 0) is 51.1 Å². The number of oxazole rings is 1. The SMILES string of the molecule is Cc1cc(C(C)(C)O)nc(N2C[C@H]3CN(C(=O)c4c(F)cccc4-c4nc5ccccc5o4)C[C@H]3C2)n1. The Morgan fingerprint density at radius 2 is 1.76 bits per heavy atom. The zero-order valence-electron chi connectivity index (χ0n) is 21.0. The molecule has 4 heterocycles. The number of carbonyl (C=O) groups excluding carboxylic acids is 1. The molecule has 2 aromatic carbocycles. The third-order valence-corrected chi connectivity index (χ3v) is 7.28. The summed E-state index contributed by atoms with van der Waals surface area (Å²) in [6, 6.07) is 13.6. The van der Waals surface area contributed by atoms with Crippen molar-refractivity contribution in [3.63, 3.8) is 0 Å². The van der Waals surface area contributed by atoms with E-state index in [-0.39, 0.29) is 29.2 Å². The molecule has 2 saturated heterocycles. The van der Waals surface area contributed by atoms with Crippen LogP contribution < -0.4 is 4.90 Å². The number of fused-ring (bicyclic) bond motifs is 2. The highest BCUT2D eigenvalue weighted by molar-refractivity contribution is 6.00. The summed E-state index contributed by atoms with van der Waals surface area (Å²) in [5.41, 5.74) is 1.89. The van der Waals surface area contributed by atoms with Crippen LogP contribution in [0.5, 0.6) is 0 Å². The van der Waals surface area contributed by atoms with Crippen molar-refractivity contribution in [2.24, 2.45) is 11.8 Å². The van der Waals surface area contributed by atoms with Crippen LogP contribution in [-0.4, -0.2) is 57.0 Å². The second kappa shape index (κ2) is 8.62. The van der Waals surface area contributed by atoms with Gasteiger partial charge in [-0.2, -0.15) is 0 Å². The predicted octanol–water partition coefficient (Wildman–Crippen LogP) is 4.17. The molecule has 1 amide bonds. The van der Waals surface area contributed by atoms with Gasteiger partial charge in [0.15, 0.2) is 5.58 Å². The lowest BCUT2D eigenvalue weighted by atomic mass is 10.0. The number of rotatable bonds is 4. The van der Waals surface area contributed by atoms with E-state index in [4.69, 9.17) is 4.42 Å². The molecule has 1 N–H and O–H groups in total. The van der Waals surface area contributed by atoms with Crippen molar-refractivity contribution < 1.29 is 18.7 Å². The van der Waals surface area contributed by atoms with Crippen molar-refractivity contribution in [3.05, 3.63) is 71.3 Å². The Morgan fingerprint density at radius 1 is 1.03 bits per heavy atom. The fraction of sp³-hybridized carbons (Fsp3) is 0.357. The highest BCUT2D eigenvalue weighted by Crippen LogP contribution is 2.36. The van der Waals surface area contributed by atoms with E-state index in [0.717, 1.165) is 5.69 Å². The number of hydrogen-bond acceptors (Lipinski definition) is 7. The molecule has 9 heteroatoms. The molecule has 2 fully saturated rings. The highest BCUT2D eigenvalue weighted by Gasteiger charge is 2.43. The predicted molar refractivity (Wildman–Crippen MR) is 137 cm³/mol. The summed E-state index contributed by atoms with van der Waals surface area (Å²) in [7, 11) is 0. The van der Waals surface area contributed by atoms with Crippen LogP contribution in [0.15, 0.2) is 52.9 Å². The van der Waals surface area contributed by atoms with E-state index >= 15 is 4.39 Å². The van der Waals surface area contributed by atoms with Gasteiger partial charge in [-0.25, -0.2) is 19.3 Å². The van der Waals surface area contributed by atoms with Crippen molar-refractivity contribution >= 4 is 23.0 Å². The van der Waals surface area contributed by atoms with Crippen LogP contribution >= 0.6 is 0 Å². The molecule has 2 atom stereocenters. The molecule has 0 saturated carbocycles. The molecule has 37 heavy (non-hydrogen) atoms. The second-order valence-corrected chi connectivity index (χ2v) is 10.5. The van der Waals surface area contributed by atoms with Gasteiger partial charge in [0.2, 0.25) is 11.8 Å². The maximum Gasteiger partial charge on any atom is 0.257 e. The first-order valence-corrected chi connectivity index (χ1v) is 12.4. The summed E-state index contributed by atoms with van der Waals surface area (Å²) in [5, 5.41) is 10.4. The molecular formula is C28H28FN5O3. The van der Waals surface area contributed by atoms with Crippen LogP contribution in [0.25, 0.3) is 22.6 Å². The summed E-state index contributed by atoms with van der Waals surface area (Å²) in [6.07, 6.45) is 0. The standard InChI is InChI=1S/C28H28FN5O3/c1-16-11-23(28(2,3)36)32-27(30-16)34-14-17-12-33(13-18(17)15-34)26(35)24-19(7-6-8-20(24)29)25-31-21-9-4-5-10-22(21)37-25/h4-11,17-18,36H,12-15H2,1-3H3/t17-,18+. The summed E-state index contributed by atoms with van der Waals surface area (Å²) >= 11 is 0. The topological polar surface area (TPSA) is 95.6 Å². The molecule has 0 spiro atoms. The summed E-state index contributed by atoms with van der Waals surface area (Å²) in [6.45, 7) is 7.73. The Balaban J connectivity index is 1.23.